The van der Waals surface area contributed by atoms with Crippen LogP contribution in [0.3, 0.4) is 0 Å². The molecule has 1 amide bonds. The molecule has 1 atom stereocenters. The number of carbonyl (C=O) groups is 1. The van der Waals surface area contributed by atoms with Crippen LogP contribution in [-0.2, 0) is 0 Å². The molecule has 0 aliphatic carbocycles. The SMILES string of the molecule is O=C(c1ccc2ccccc2c1)N1CC(CCl)c2c1cc1ccccc1c2O. The molecule has 0 spiro atoms. The number of anilines is 1. The van der Waals surface area contributed by atoms with E-state index in [2.05, 4.69) is 0 Å². The van der Waals surface area contributed by atoms with Crippen LogP contribution in [0, 0.1) is 0 Å². The molecule has 0 fully saturated rings. The molecule has 0 bridgehead atoms. The lowest BCUT2D eigenvalue weighted by Gasteiger charge is -2.19. The van der Waals surface area contributed by atoms with Crippen molar-refractivity contribution in [3.63, 3.8) is 0 Å². The van der Waals surface area contributed by atoms with E-state index < -0.39 is 0 Å². The summed E-state index contributed by atoms with van der Waals surface area (Å²) in [6.07, 6.45) is 0. The third-order valence-corrected chi connectivity index (χ3v) is 5.94. The van der Waals surface area contributed by atoms with Crippen molar-refractivity contribution in [2.24, 2.45) is 0 Å². The lowest BCUT2D eigenvalue weighted by Crippen LogP contribution is -2.30. The molecule has 3 nitrogen and oxygen atoms in total. The quantitative estimate of drug-likeness (QED) is 0.449. The molecule has 138 valence electrons. The molecule has 0 radical (unpaired) electrons. The molecule has 0 saturated carbocycles. The summed E-state index contributed by atoms with van der Waals surface area (Å²) in [5, 5.41) is 14.7. The summed E-state index contributed by atoms with van der Waals surface area (Å²) in [5.41, 5.74) is 2.15. The number of hydrogen-bond donors (Lipinski definition) is 1. The summed E-state index contributed by atoms with van der Waals surface area (Å²) in [6.45, 7) is 0.467. The first-order valence-electron chi connectivity index (χ1n) is 9.28. The van der Waals surface area contributed by atoms with Gasteiger partial charge in [-0.15, -0.1) is 11.6 Å². The molecule has 0 saturated heterocycles. The van der Waals surface area contributed by atoms with Crippen molar-refractivity contribution in [1.29, 1.82) is 0 Å². The number of phenolic OH excluding ortho intramolecular Hbond substituents is 1. The van der Waals surface area contributed by atoms with E-state index in [9.17, 15) is 9.90 Å². The minimum Gasteiger partial charge on any atom is -0.507 e. The molecule has 1 heterocycles. The van der Waals surface area contributed by atoms with Crippen molar-refractivity contribution in [2.45, 2.75) is 5.92 Å². The van der Waals surface area contributed by atoms with Crippen molar-refractivity contribution in [2.75, 3.05) is 17.3 Å². The third-order valence-electron chi connectivity index (χ3n) is 5.57. The topological polar surface area (TPSA) is 40.5 Å². The first-order valence-corrected chi connectivity index (χ1v) is 9.82. The predicted molar refractivity (Wildman–Crippen MR) is 115 cm³/mol. The van der Waals surface area contributed by atoms with Gasteiger partial charge in [0.2, 0.25) is 0 Å². The lowest BCUT2D eigenvalue weighted by atomic mass is 9.97. The van der Waals surface area contributed by atoms with E-state index in [1.54, 1.807) is 4.90 Å². The van der Waals surface area contributed by atoms with Gasteiger partial charge in [-0.05, 0) is 34.4 Å². The van der Waals surface area contributed by atoms with Gasteiger partial charge in [0, 0.05) is 34.9 Å². The van der Waals surface area contributed by atoms with Gasteiger partial charge in [-0.1, -0.05) is 54.6 Å². The number of hydrogen-bond acceptors (Lipinski definition) is 2. The van der Waals surface area contributed by atoms with Gasteiger partial charge in [0.25, 0.3) is 5.91 Å². The zero-order chi connectivity index (χ0) is 19.3. The average Bonchev–Trinajstić information content (AvgIpc) is 3.12. The Hall–Kier alpha value is -3.04. The van der Waals surface area contributed by atoms with E-state index >= 15 is 0 Å². The maximum absolute atomic E-state index is 13.4. The van der Waals surface area contributed by atoms with Gasteiger partial charge in [0.1, 0.15) is 5.75 Å². The van der Waals surface area contributed by atoms with Crippen molar-refractivity contribution in [3.8, 4) is 5.75 Å². The van der Waals surface area contributed by atoms with Crippen LogP contribution >= 0.6 is 11.6 Å². The van der Waals surface area contributed by atoms with E-state index in [1.165, 1.54) is 0 Å². The number of carbonyl (C=O) groups excluding carboxylic acids is 1. The number of nitrogens with zero attached hydrogens (tertiary/aromatic N) is 1. The summed E-state index contributed by atoms with van der Waals surface area (Å²) in [5.74, 6) is 0.410. The van der Waals surface area contributed by atoms with Gasteiger partial charge < -0.3 is 10.0 Å². The van der Waals surface area contributed by atoms with Gasteiger partial charge in [0.05, 0.1) is 5.69 Å². The molecule has 28 heavy (non-hydrogen) atoms. The molecular weight excluding hydrogens is 370 g/mol. The molecule has 1 aliphatic rings. The highest BCUT2D eigenvalue weighted by Crippen LogP contribution is 2.46. The summed E-state index contributed by atoms with van der Waals surface area (Å²) < 4.78 is 0. The van der Waals surface area contributed by atoms with Gasteiger partial charge in [-0.2, -0.15) is 0 Å². The zero-order valence-electron chi connectivity index (χ0n) is 15.1. The highest BCUT2D eigenvalue weighted by Gasteiger charge is 2.35. The molecule has 1 unspecified atom stereocenters. The smallest absolute Gasteiger partial charge is 0.258 e. The molecule has 0 aromatic heterocycles. The first kappa shape index (κ1) is 17.1. The van der Waals surface area contributed by atoms with E-state index in [-0.39, 0.29) is 17.6 Å². The molecular formula is C24H18ClNO2. The van der Waals surface area contributed by atoms with Crippen LogP contribution in [0.2, 0.25) is 0 Å². The Morgan fingerprint density at radius 2 is 1.68 bits per heavy atom. The predicted octanol–water partition coefficient (Wildman–Crippen LogP) is 5.68. The maximum Gasteiger partial charge on any atom is 0.258 e. The zero-order valence-corrected chi connectivity index (χ0v) is 15.9. The van der Waals surface area contributed by atoms with E-state index in [1.807, 2.05) is 72.8 Å². The summed E-state index contributed by atoms with van der Waals surface area (Å²) in [4.78, 5) is 15.1. The second-order valence-electron chi connectivity index (χ2n) is 7.21. The van der Waals surface area contributed by atoms with Gasteiger partial charge in [-0.3, -0.25) is 4.79 Å². The minimum atomic E-state index is -0.0920. The monoisotopic (exact) mass is 387 g/mol. The largest absolute Gasteiger partial charge is 0.507 e. The summed E-state index contributed by atoms with van der Waals surface area (Å²) in [7, 11) is 0. The number of fused-ring (bicyclic) bond motifs is 3. The number of phenols is 1. The fourth-order valence-corrected chi connectivity index (χ4v) is 4.41. The van der Waals surface area contributed by atoms with Crippen LogP contribution in [-0.4, -0.2) is 23.4 Å². The fourth-order valence-electron chi connectivity index (χ4n) is 4.16. The highest BCUT2D eigenvalue weighted by molar-refractivity contribution is 6.19. The second-order valence-corrected chi connectivity index (χ2v) is 7.52. The third kappa shape index (κ3) is 2.54. The molecule has 5 rings (SSSR count). The van der Waals surface area contributed by atoms with Crippen molar-refractivity contribution in [3.05, 3.63) is 83.9 Å². The standard InChI is InChI=1S/C24H18ClNO2/c25-13-19-14-26(21-12-17-7-3-4-8-20(17)23(27)22(19)21)24(28)18-10-9-15-5-1-2-6-16(15)11-18/h1-12,19,27H,13-14H2. The van der Waals surface area contributed by atoms with Crippen LogP contribution in [0.4, 0.5) is 5.69 Å². The average molecular weight is 388 g/mol. The molecule has 4 aromatic rings. The second kappa shape index (κ2) is 6.54. The molecule has 1 N–H and O–H groups in total. The van der Waals surface area contributed by atoms with Gasteiger partial charge >= 0.3 is 0 Å². The number of alkyl halides is 1. The minimum absolute atomic E-state index is 0.0747. The normalized spacial score (nSPS) is 15.9. The van der Waals surface area contributed by atoms with E-state index in [0.29, 0.717) is 18.0 Å². The van der Waals surface area contributed by atoms with Gasteiger partial charge in [0.15, 0.2) is 0 Å². The van der Waals surface area contributed by atoms with Crippen LogP contribution in [0.1, 0.15) is 21.8 Å². The van der Waals surface area contributed by atoms with Crippen molar-refractivity contribution < 1.29 is 9.90 Å². The molecule has 1 aliphatic heterocycles. The maximum atomic E-state index is 13.4. The van der Waals surface area contributed by atoms with Crippen LogP contribution in [0.25, 0.3) is 21.5 Å². The Kier molecular flexibility index (Phi) is 3.99. The van der Waals surface area contributed by atoms with Crippen molar-refractivity contribution in [1.82, 2.24) is 0 Å². The Morgan fingerprint density at radius 3 is 2.46 bits per heavy atom. The lowest BCUT2D eigenvalue weighted by molar-refractivity contribution is 0.0988. The fraction of sp³-hybridized carbons (Fsp3) is 0.125. The number of benzene rings is 4. The summed E-state index contributed by atoms with van der Waals surface area (Å²) >= 11 is 6.20. The van der Waals surface area contributed by atoms with Crippen LogP contribution in [0.15, 0.2) is 72.8 Å². The Bertz CT molecular complexity index is 1230. The Labute approximate surface area is 167 Å². The van der Waals surface area contributed by atoms with Crippen LogP contribution in [0.5, 0.6) is 5.75 Å². The highest BCUT2D eigenvalue weighted by atomic mass is 35.5. The number of halogens is 1. The number of aromatic hydroxyl groups is 1. The number of amides is 1. The van der Waals surface area contributed by atoms with Gasteiger partial charge in [-0.25, -0.2) is 0 Å². The number of rotatable bonds is 2. The van der Waals surface area contributed by atoms with E-state index in [4.69, 9.17) is 11.6 Å². The van der Waals surface area contributed by atoms with Crippen molar-refractivity contribution >= 4 is 44.7 Å². The molecule has 4 heteroatoms. The van der Waals surface area contributed by atoms with E-state index in [0.717, 1.165) is 32.8 Å². The Balaban J connectivity index is 1.64. The van der Waals surface area contributed by atoms with Crippen LogP contribution < -0.4 is 4.90 Å². The molecule has 4 aromatic carbocycles. The first-order chi connectivity index (χ1) is 13.7. The Morgan fingerprint density at radius 1 is 0.964 bits per heavy atom. The summed E-state index contributed by atoms with van der Waals surface area (Å²) in [6, 6.07) is 23.4.